The van der Waals surface area contributed by atoms with Crippen LogP contribution >= 0.6 is 0 Å². The van der Waals surface area contributed by atoms with Gasteiger partial charge in [0.25, 0.3) is 0 Å². The van der Waals surface area contributed by atoms with Crippen LogP contribution < -0.4 is 0 Å². The summed E-state index contributed by atoms with van der Waals surface area (Å²) in [4.78, 5) is 0.895. The number of hydrogen-bond donors (Lipinski definition) is 0. The molecule has 0 aliphatic heterocycles. The summed E-state index contributed by atoms with van der Waals surface area (Å²) in [6.45, 7) is 8.91. The van der Waals surface area contributed by atoms with Gasteiger partial charge >= 0.3 is 17.1 Å². The van der Waals surface area contributed by atoms with Crippen LogP contribution in [-0.2, 0) is 27.9 Å². The molecule has 2 fully saturated rings. The van der Waals surface area contributed by atoms with Crippen molar-refractivity contribution in [3.05, 3.63) is 92.0 Å². The summed E-state index contributed by atoms with van der Waals surface area (Å²) < 4.78 is 12.6. The topological polar surface area (TPSA) is 17.1 Å². The molecule has 2 aliphatic rings. The molecule has 1 aromatic carbocycles. The van der Waals surface area contributed by atoms with Crippen LogP contribution in [-0.4, -0.2) is 12.3 Å². The van der Waals surface area contributed by atoms with Crippen LogP contribution in [0.5, 0.6) is 0 Å². The Bertz CT molecular complexity index is 498. The fourth-order valence-corrected chi connectivity index (χ4v) is 6.02. The minimum atomic E-state index is -1.43. The zero-order valence-corrected chi connectivity index (χ0v) is 17.5. The Morgan fingerprint density at radius 3 is 1.75 bits per heavy atom. The molecular weight excluding hydrogens is 372 g/mol. The van der Waals surface area contributed by atoms with E-state index in [2.05, 4.69) is 26.1 Å². The van der Waals surface area contributed by atoms with E-state index >= 15 is 0 Å². The quantitative estimate of drug-likeness (QED) is 0.675. The Kier molecular flexibility index (Phi) is 9.51. The molecule has 10 radical (unpaired) electrons. The average molecular weight is 396 g/mol. The Morgan fingerprint density at radius 1 is 0.792 bits per heavy atom. The van der Waals surface area contributed by atoms with Crippen LogP contribution in [0.3, 0.4) is 0 Å². The van der Waals surface area contributed by atoms with Gasteiger partial charge in [0.2, 0.25) is 0 Å². The molecule has 1 nitrogen and oxygen atoms in total. The predicted octanol–water partition coefficient (Wildman–Crippen LogP) is 4.73. The molecule has 0 amide bonds. The van der Waals surface area contributed by atoms with Crippen LogP contribution in [0.25, 0.3) is 0 Å². The zero-order chi connectivity index (χ0) is 16.9. The molecule has 2 saturated carbocycles. The summed E-state index contributed by atoms with van der Waals surface area (Å²) in [7, 11) is -2.47. The molecule has 0 N–H and O–H groups in total. The van der Waals surface area contributed by atoms with E-state index in [-0.39, 0.29) is 17.1 Å². The van der Waals surface area contributed by atoms with Gasteiger partial charge in [-0.3, -0.25) is 4.21 Å². The van der Waals surface area contributed by atoms with Gasteiger partial charge in [-0.2, -0.15) is 0 Å². The molecule has 0 spiro atoms. The molecule has 4 heteroatoms. The Hall–Kier alpha value is 0.106. The van der Waals surface area contributed by atoms with E-state index in [0.29, 0.717) is 0 Å². The summed E-state index contributed by atoms with van der Waals surface area (Å²) in [5.74, 6) is 0. The first-order chi connectivity index (χ1) is 10.9. The van der Waals surface area contributed by atoms with E-state index < -0.39 is 18.9 Å². The first kappa shape index (κ1) is 22.1. The van der Waals surface area contributed by atoms with Crippen molar-refractivity contribution in [2.75, 3.05) is 0 Å². The molecule has 2 aliphatic carbocycles. The Morgan fingerprint density at radius 2 is 1.29 bits per heavy atom. The van der Waals surface area contributed by atoms with Gasteiger partial charge in [0.1, 0.15) is 0 Å². The standard InChI is InChI=1S/C15H19OSSi.C5H5.Fe/c1-12-8-10-13(11-9-12)17(16)14-6-5-7-15(14)18(2,3)4;1-2-4-5-3-1;/h5-11H,1-4H3;1-5H;/q;;+2/t17-;;/m1../s1. The molecular formula is C20H24FeOSSi+2. The van der Waals surface area contributed by atoms with Crippen molar-refractivity contribution in [2.24, 2.45) is 0 Å². The second-order valence-electron chi connectivity index (χ2n) is 6.60. The van der Waals surface area contributed by atoms with Gasteiger partial charge in [-0.25, -0.2) is 0 Å². The molecule has 0 aromatic heterocycles. The van der Waals surface area contributed by atoms with Gasteiger partial charge in [-0.1, -0.05) is 37.3 Å². The van der Waals surface area contributed by atoms with Crippen LogP contribution in [0, 0.1) is 69.1 Å². The molecule has 0 unspecified atom stereocenters. The van der Waals surface area contributed by atoms with Crippen LogP contribution in [0.1, 0.15) is 5.56 Å². The third-order valence-electron chi connectivity index (χ3n) is 3.57. The van der Waals surface area contributed by atoms with E-state index in [0.717, 1.165) is 10.1 Å². The third kappa shape index (κ3) is 6.44. The summed E-state index contributed by atoms with van der Waals surface area (Å²) in [5.41, 5.74) is 2.50. The fraction of sp³-hybridized carbons (Fsp3) is 0.200. The molecule has 1 aromatic rings. The van der Waals surface area contributed by atoms with Gasteiger partial charge in [-0.15, -0.1) is 0 Å². The molecule has 126 valence electrons. The largest absolute Gasteiger partial charge is 2.00 e. The fourth-order valence-electron chi connectivity index (χ4n) is 2.29. The van der Waals surface area contributed by atoms with Crippen LogP contribution in [0.15, 0.2) is 29.2 Å². The first-order valence-electron chi connectivity index (χ1n) is 7.81. The van der Waals surface area contributed by atoms with Crippen molar-refractivity contribution in [1.82, 2.24) is 0 Å². The van der Waals surface area contributed by atoms with Crippen molar-refractivity contribution in [2.45, 2.75) is 31.5 Å². The molecule has 0 saturated heterocycles. The van der Waals surface area contributed by atoms with Crippen LogP contribution in [0.2, 0.25) is 19.6 Å². The predicted molar refractivity (Wildman–Crippen MR) is 102 cm³/mol. The summed E-state index contributed by atoms with van der Waals surface area (Å²) in [5, 5.41) is 0.998. The summed E-state index contributed by atoms with van der Waals surface area (Å²) >= 11 is 0. The van der Waals surface area contributed by atoms with Gasteiger partial charge < -0.3 is 0 Å². The van der Waals surface area contributed by atoms with Crippen LogP contribution in [0.4, 0.5) is 0 Å². The van der Waals surface area contributed by atoms with E-state index in [4.69, 9.17) is 0 Å². The van der Waals surface area contributed by atoms with Crippen molar-refractivity contribution in [3.8, 4) is 0 Å². The number of hydrogen-bond acceptors (Lipinski definition) is 1. The van der Waals surface area contributed by atoms with Crippen molar-refractivity contribution >= 4 is 18.9 Å². The van der Waals surface area contributed by atoms with Crippen molar-refractivity contribution < 1.29 is 21.3 Å². The van der Waals surface area contributed by atoms with Crippen molar-refractivity contribution in [1.29, 1.82) is 0 Å². The second-order valence-corrected chi connectivity index (χ2v) is 13.1. The molecule has 1 atom stereocenters. The Labute approximate surface area is 163 Å². The molecule has 3 rings (SSSR count). The van der Waals surface area contributed by atoms with E-state index in [1.54, 1.807) is 0 Å². The van der Waals surface area contributed by atoms with Gasteiger partial charge in [-0.05, 0) is 76.0 Å². The second kappa shape index (κ2) is 10.3. The Balaban J connectivity index is 0.000000412. The maximum Gasteiger partial charge on any atom is 2.00 e. The SMILES string of the molecule is Cc1ccc([S@@](=O)[C]2[CH][CH][CH][C]2[Si](C)(C)C)cc1.[CH]1[CH][CH][CH][CH]1.[Fe+2]. The molecule has 0 heterocycles. The van der Waals surface area contributed by atoms with Crippen molar-refractivity contribution in [3.63, 3.8) is 0 Å². The molecule has 24 heavy (non-hydrogen) atoms. The minimum absolute atomic E-state index is 0. The maximum atomic E-state index is 12.6. The number of benzene rings is 1. The van der Waals surface area contributed by atoms with E-state index in [1.807, 2.05) is 76.1 Å². The number of aryl methyl sites for hydroxylation is 1. The van der Waals surface area contributed by atoms with E-state index in [1.165, 1.54) is 11.1 Å². The monoisotopic (exact) mass is 396 g/mol. The first-order valence-corrected chi connectivity index (χ1v) is 12.5. The minimum Gasteiger partial charge on any atom is -0.254 e. The van der Waals surface area contributed by atoms with Gasteiger partial charge in [0, 0.05) is 4.90 Å². The van der Waals surface area contributed by atoms with Gasteiger partial charge in [0.15, 0.2) is 0 Å². The summed E-state index contributed by atoms with van der Waals surface area (Å²) in [6.07, 6.45) is 16.2. The smallest absolute Gasteiger partial charge is 0.254 e. The normalized spacial score (nSPS) is 20.2. The van der Waals surface area contributed by atoms with E-state index in [9.17, 15) is 4.21 Å². The van der Waals surface area contributed by atoms with Gasteiger partial charge in [0.05, 0.1) is 24.1 Å². The summed E-state index contributed by atoms with van der Waals surface area (Å²) in [6, 6.07) is 7.97. The molecule has 0 bridgehead atoms. The third-order valence-corrected chi connectivity index (χ3v) is 7.26. The number of rotatable bonds is 3. The zero-order valence-electron chi connectivity index (χ0n) is 14.6. The maximum absolute atomic E-state index is 12.6. The average Bonchev–Trinajstić information content (AvgIpc) is 3.21.